The SMILES string of the molecule is Nc1cc(OCc2cccs2)cc([N+](=O)[O-])c1. The van der Waals surface area contributed by atoms with Crippen molar-refractivity contribution in [3.05, 3.63) is 50.7 Å². The van der Waals surface area contributed by atoms with E-state index >= 15 is 0 Å². The van der Waals surface area contributed by atoms with Crippen LogP contribution in [0.2, 0.25) is 0 Å². The van der Waals surface area contributed by atoms with E-state index in [4.69, 9.17) is 10.5 Å². The van der Waals surface area contributed by atoms with Crippen molar-refractivity contribution in [2.45, 2.75) is 6.61 Å². The fourth-order valence-electron chi connectivity index (χ4n) is 1.34. The van der Waals surface area contributed by atoms with Gasteiger partial charge in [0.2, 0.25) is 0 Å². The first-order valence-electron chi connectivity index (χ1n) is 4.85. The second-order valence-electron chi connectivity index (χ2n) is 3.39. The normalized spacial score (nSPS) is 10.1. The lowest BCUT2D eigenvalue weighted by Crippen LogP contribution is -1.96. The second-order valence-corrected chi connectivity index (χ2v) is 4.42. The van der Waals surface area contributed by atoms with Gasteiger partial charge in [-0.2, -0.15) is 0 Å². The van der Waals surface area contributed by atoms with Crippen molar-refractivity contribution in [3.8, 4) is 5.75 Å². The summed E-state index contributed by atoms with van der Waals surface area (Å²) in [6.07, 6.45) is 0. The Morgan fingerprint density at radius 2 is 2.24 bits per heavy atom. The lowest BCUT2D eigenvalue weighted by atomic mass is 10.2. The number of nitrogen functional groups attached to an aromatic ring is 1. The van der Waals surface area contributed by atoms with E-state index in [0.29, 0.717) is 18.0 Å². The molecule has 0 aliphatic carbocycles. The number of nitro benzene ring substituents is 1. The minimum Gasteiger partial charge on any atom is -0.488 e. The van der Waals surface area contributed by atoms with Crippen molar-refractivity contribution in [2.75, 3.05) is 5.73 Å². The van der Waals surface area contributed by atoms with Gasteiger partial charge in [-0.05, 0) is 11.4 Å². The minimum atomic E-state index is -0.492. The van der Waals surface area contributed by atoms with Gasteiger partial charge in [0.15, 0.2) is 0 Å². The number of nitro groups is 1. The largest absolute Gasteiger partial charge is 0.488 e. The molecule has 0 aliphatic heterocycles. The molecule has 0 fully saturated rings. The van der Waals surface area contributed by atoms with E-state index in [1.54, 1.807) is 17.4 Å². The number of ether oxygens (including phenoxy) is 1. The molecule has 0 saturated heterocycles. The number of non-ortho nitro benzene ring substituents is 1. The lowest BCUT2D eigenvalue weighted by Gasteiger charge is -2.05. The van der Waals surface area contributed by atoms with Crippen LogP contribution in [0.4, 0.5) is 11.4 Å². The summed E-state index contributed by atoms with van der Waals surface area (Å²) in [4.78, 5) is 11.2. The summed E-state index contributed by atoms with van der Waals surface area (Å²) in [6, 6.07) is 8.10. The molecular weight excluding hydrogens is 240 g/mol. The molecule has 2 rings (SSSR count). The van der Waals surface area contributed by atoms with Crippen molar-refractivity contribution >= 4 is 22.7 Å². The second kappa shape index (κ2) is 4.84. The Bertz CT molecular complexity index is 526. The molecule has 0 bridgehead atoms. The maximum atomic E-state index is 10.6. The molecule has 1 aromatic carbocycles. The Hall–Kier alpha value is -2.08. The van der Waals surface area contributed by atoms with Gasteiger partial charge in [0.25, 0.3) is 5.69 Å². The van der Waals surface area contributed by atoms with Crippen LogP contribution in [0.5, 0.6) is 5.75 Å². The topological polar surface area (TPSA) is 78.4 Å². The average molecular weight is 250 g/mol. The molecule has 0 unspecified atom stereocenters. The van der Waals surface area contributed by atoms with Gasteiger partial charge in [-0.25, -0.2) is 0 Å². The number of anilines is 1. The number of hydrogen-bond donors (Lipinski definition) is 1. The van der Waals surface area contributed by atoms with Crippen LogP contribution >= 0.6 is 11.3 Å². The smallest absolute Gasteiger partial charge is 0.275 e. The highest BCUT2D eigenvalue weighted by molar-refractivity contribution is 7.09. The number of nitrogens with two attached hydrogens (primary N) is 1. The molecule has 0 spiro atoms. The first kappa shape index (κ1) is 11.4. The van der Waals surface area contributed by atoms with Gasteiger partial charge in [-0.3, -0.25) is 10.1 Å². The fraction of sp³-hybridized carbons (Fsp3) is 0.0909. The van der Waals surface area contributed by atoms with Gasteiger partial charge in [0, 0.05) is 22.7 Å². The molecule has 0 amide bonds. The first-order valence-corrected chi connectivity index (χ1v) is 5.73. The minimum absolute atomic E-state index is 0.0637. The Labute approximate surface area is 102 Å². The zero-order valence-electron chi connectivity index (χ0n) is 8.83. The van der Waals surface area contributed by atoms with Crippen molar-refractivity contribution in [2.24, 2.45) is 0 Å². The Kier molecular flexibility index (Phi) is 3.24. The highest BCUT2D eigenvalue weighted by Crippen LogP contribution is 2.25. The van der Waals surface area contributed by atoms with Crippen molar-refractivity contribution in [1.82, 2.24) is 0 Å². The van der Waals surface area contributed by atoms with E-state index in [9.17, 15) is 10.1 Å². The van der Waals surface area contributed by atoms with Gasteiger partial charge in [-0.1, -0.05) is 6.07 Å². The van der Waals surface area contributed by atoms with Crippen molar-refractivity contribution in [1.29, 1.82) is 0 Å². The predicted molar refractivity (Wildman–Crippen MR) is 66.2 cm³/mol. The van der Waals surface area contributed by atoms with Crippen LogP contribution in [0.15, 0.2) is 35.7 Å². The van der Waals surface area contributed by atoms with Crippen LogP contribution < -0.4 is 10.5 Å². The Morgan fingerprint density at radius 1 is 1.41 bits per heavy atom. The summed E-state index contributed by atoms with van der Waals surface area (Å²) in [6.45, 7) is 0.387. The van der Waals surface area contributed by atoms with Gasteiger partial charge in [0.05, 0.1) is 11.0 Å². The maximum absolute atomic E-state index is 10.6. The Morgan fingerprint density at radius 3 is 2.88 bits per heavy atom. The van der Waals surface area contributed by atoms with Crippen LogP contribution in [0, 0.1) is 10.1 Å². The molecule has 2 N–H and O–H groups in total. The van der Waals surface area contributed by atoms with E-state index in [-0.39, 0.29) is 5.69 Å². The van der Waals surface area contributed by atoms with Crippen LogP contribution in [-0.4, -0.2) is 4.92 Å². The third-order valence-corrected chi connectivity index (χ3v) is 2.94. The zero-order valence-corrected chi connectivity index (χ0v) is 9.65. The van der Waals surface area contributed by atoms with Crippen molar-refractivity contribution < 1.29 is 9.66 Å². The van der Waals surface area contributed by atoms with E-state index in [2.05, 4.69) is 0 Å². The van der Waals surface area contributed by atoms with E-state index in [0.717, 1.165) is 4.88 Å². The monoisotopic (exact) mass is 250 g/mol. The molecule has 17 heavy (non-hydrogen) atoms. The van der Waals surface area contributed by atoms with E-state index in [1.807, 2.05) is 17.5 Å². The van der Waals surface area contributed by atoms with E-state index < -0.39 is 4.92 Å². The molecule has 1 aromatic heterocycles. The summed E-state index contributed by atoms with van der Waals surface area (Å²) in [7, 11) is 0. The van der Waals surface area contributed by atoms with Gasteiger partial charge < -0.3 is 10.5 Å². The molecule has 0 aliphatic rings. The third kappa shape index (κ3) is 2.94. The maximum Gasteiger partial charge on any atom is 0.275 e. The molecule has 88 valence electrons. The number of rotatable bonds is 4. The first-order chi connectivity index (χ1) is 8.15. The highest BCUT2D eigenvalue weighted by Gasteiger charge is 2.09. The van der Waals surface area contributed by atoms with Crippen LogP contribution in [-0.2, 0) is 6.61 Å². The summed E-state index contributed by atoms with van der Waals surface area (Å²) in [5, 5.41) is 12.6. The summed E-state index contributed by atoms with van der Waals surface area (Å²) >= 11 is 1.57. The third-order valence-electron chi connectivity index (χ3n) is 2.09. The molecule has 6 heteroatoms. The van der Waals surface area contributed by atoms with Gasteiger partial charge in [-0.15, -0.1) is 11.3 Å². The summed E-state index contributed by atoms with van der Waals surface area (Å²) in [5.74, 6) is 0.408. The summed E-state index contributed by atoms with van der Waals surface area (Å²) in [5.41, 5.74) is 5.82. The van der Waals surface area contributed by atoms with Gasteiger partial charge >= 0.3 is 0 Å². The van der Waals surface area contributed by atoms with E-state index in [1.165, 1.54) is 12.1 Å². The number of benzene rings is 1. The quantitative estimate of drug-likeness (QED) is 0.514. The molecule has 5 nitrogen and oxygen atoms in total. The average Bonchev–Trinajstić information content (AvgIpc) is 2.78. The highest BCUT2D eigenvalue weighted by atomic mass is 32.1. The number of nitrogens with zero attached hydrogens (tertiary/aromatic N) is 1. The molecular formula is C11H10N2O3S. The Balaban J connectivity index is 2.13. The molecule has 2 aromatic rings. The molecule has 0 saturated carbocycles. The number of thiophene rings is 1. The molecule has 1 heterocycles. The standard InChI is InChI=1S/C11H10N2O3S/c12-8-4-9(13(14)15)6-10(5-8)16-7-11-2-1-3-17-11/h1-6H,7,12H2. The van der Waals surface area contributed by atoms with Crippen LogP contribution in [0.1, 0.15) is 4.88 Å². The molecule has 0 radical (unpaired) electrons. The lowest BCUT2D eigenvalue weighted by molar-refractivity contribution is -0.384. The van der Waals surface area contributed by atoms with Crippen LogP contribution in [0.25, 0.3) is 0 Å². The predicted octanol–water partition coefficient (Wildman–Crippen LogP) is 2.82. The zero-order chi connectivity index (χ0) is 12.3. The number of hydrogen-bond acceptors (Lipinski definition) is 5. The van der Waals surface area contributed by atoms with Gasteiger partial charge in [0.1, 0.15) is 12.4 Å². The summed E-state index contributed by atoms with van der Waals surface area (Å²) < 4.78 is 5.45. The fourth-order valence-corrected chi connectivity index (χ4v) is 1.96. The molecule has 0 atom stereocenters. The van der Waals surface area contributed by atoms with Crippen molar-refractivity contribution in [3.63, 3.8) is 0 Å². The van der Waals surface area contributed by atoms with Crippen LogP contribution in [0.3, 0.4) is 0 Å².